The Morgan fingerprint density at radius 2 is 1.52 bits per heavy atom. The van der Waals surface area contributed by atoms with Crippen molar-refractivity contribution in [3.63, 3.8) is 0 Å². The Bertz CT molecular complexity index is 392. The molecule has 2 rings (SSSR count). The molecular formula is C23H41F3O. The van der Waals surface area contributed by atoms with E-state index in [1.807, 2.05) is 0 Å². The van der Waals surface area contributed by atoms with Crippen LogP contribution in [0.4, 0.5) is 13.2 Å². The van der Waals surface area contributed by atoms with Crippen LogP contribution >= 0.6 is 0 Å². The summed E-state index contributed by atoms with van der Waals surface area (Å²) in [4.78, 5) is 0. The Balaban J connectivity index is 1.75. The molecule has 0 spiro atoms. The Hall–Kier alpha value is -0.250. The SMILES string of the molecule is CCCCCCC1CCC(C2CCC(OCCCCC)C(F)C2)C(F)C1F. The van der Waals surface area contributed by atoms with Crippen molar-refractivity contribution < 1.29 is 17.9 Å². The van der Waals surface area contributed by atoms with Crippen molar-refractivity contribution in [1.29, 1.82) is 0 Å². The first-order valence-corrected chi connectivity index (χ1v) is 11.6. The number of halogens is 3. The fourth-order valence-electron chi connectivity index (χ4n) is 5.14. The lowest BCUT2D eigenvalue weighted by atomic mass is 9.68. The lowest BCUT2D eigenvalue weighted by Crippen LogP contribution is -2.44. The Labute approximate surface area is 164 Å². The van der Waals surface area contributed by atoms with Crippen LogP contribution in [0.5, 0.6) is 0 Å². The molecule has 160 valence electrons. The van der Waals surface area contributed by atoms with E-state index in [0.717, 1.165) is 64.2 Å². The number of rotatable bonds is 11. The normalized spacial score (nSPS) is 37.4. The summed E-state index contributed by atoms with van der Waals surface area (Å²) in [5.74, 6) is -0.455. The van der Waals surface area contributed by atoms with Gasteiger partial charge in [-0.2, -0.15) is 0 Å². The quantitative estimate of drug-likeness (QED) is 0.335. The van der Waals surface area contributed by atoms with Crippen molar-refractivity contribution in [3.05, 3.63) is 0 Å². The van der Waals surface area contributed by atoms with Crippen LogP contribution in [0.15, 0.2) is 0 Å². The average molecular weight is 391 g/mol. The first kappa shape index (κ1) is 23.0. The summed E-state index contributed by atoms with van der Waals surface area (Å²) < 4.78 is 49.8. The maximum Gasteiger partial charge on any atom is 0.134 e. The van der Waals surface area contributed by atoms with Crippen molar-refractivity contribution in [2.45, 2.75) is 122 Å². The zero-order valence-electron chi connectivity index (χ0n) is 17.5. The summed E-state index contributed by atoms with van der Waals surface area (Å²) in [5.41, 5.74) is 0. The molecule has 0 N–H and O–H groups in total. The van der Waals surface area contributed by atoms with E-state index in [0.29, 0.717) is 19.4 Å². The van der Waals surface area contributed by atoms with Gasteiger partial charge in [0.2, 0.25) is 0 Å². The number of hydrogen-bond donors (Lipinski definition) is 0. The van der Waals surface area contributed by atoms with E-state index in [-0.39, 0.29) is 23.9 Å². The summed E-state index contributed by atoms with van der Waals surface area (Å²) in [7, 11) is 0. The van der Waals surface area contributed by atoms with Gasteiger partial charge in [-0.3, -0.25) is 0 Å². The molecule has 2 aliphatic carbocycles. The third-order valence-electron chi connectivity index (χ3n) is 6.90. The van der Waals surface area contributed by atoms with Crippen LogP contribution in [-0.2, 0) is 4.74 Å². The number of ether oxygens (including phenoxy) is 1. The van der Waals surface area contributed by atoms with Crippen molar-refractivity contribution in [1.82, 2.24) is 0 Å². The summed E-state index contributed by atoms with van der Waals surface area (Å²) >= 11 is 0. The van der Waals surface area contributed by atoms with Gasteiger partial charge in [-0.15, -0.1) is 0 Å². The third-order valence-corrected chi connectivity index (χ3v) is 6.90. The maximum absolute atomic E-state index is 14.8. The van der Waals surface area contributed by atoms with E-state index >= 15 is 0 Å². The van der Waals surface area contributed by atoms with Gasteiger partial charge >= 0.3 is 0 Å². The van der Waals surface area contributed by atoms with E-state index in [2.05, 4.69) is 13.8 Å². The van der Waals surface area contributed by atoms with Crippen molar-refractivity contribution in [2.24, 2.45) is 17.8 Å². The zero-order valence-corrected chi connectivity index (χ0v) is 17.5. The summed E-state index contributed by atoms with van der Waals surface area (Å²) in [6, 6.07) is 0. The molecule has 0 aromatic rings. The third kappa shape index (κ3) is 6.94. The molecule has 0 aromatic carbocycles. The van der Waals surface area contributed by atoms with Gasteiger partial charge < -0.3 is 4.74 Å². The van der Waals surface area contributed by atoms with Crippen LogP contribution in [0.1, 0.15) is 97.3 Å². The second-order valence-electron chi connectivity index (χ2n) is 8.94. The molecule has 2 saturated carbocycles. The molecule has 2 aliphatic rings. The smallest absolute Gasteiger partial charge is 0.134 e. The monoisotopic (exact) mass is 390 g/mol. The zero-order chi connectivity index (χ0) is 19.6. The van der Waals surface area contributed by atoms with Gasteiger partial charge in [0.05, 0.1) is 6.10 Å². The van der Waals surface area contributed by atoms with Gasteiger partial charge in [-0.1, -0.05) is 52.4 Å². The second-order valence-corrected chi connectivity index (χ2v) is 8.94. The molecule has 1 nitrogen and oxygen atoms in total. The predicted molar refractivity (Wildman–Crippen MR) is 106 cm³/mol. The van der Waals surface area contributed by atoms with Crippen molar-refractivity contribution in [3.8, 4) is 0 Å². The van der Waals surface area contributed by atoms with E-state index in [9.17, 15) is 13.2 Å². The lowest BCUT2D eigenvalue weighted by Gasteiger charge is -2.42. The van der Waals surface area contributed by atoms with E-state index in [4.69, 9.17) is 4.74 Å². The number of hydrogen-bond acceptors (Lipinski definition) is 1. The largest absolute Gasteiger partial charge is 0.375 e. The van der Waals surface area contributed by atoms with E-state index < -0.39 is 18.5 Å². The fourth-order valence-corrected chi connectivity index (χ4v) is 5.14. The molecule has 0 aliphatic heterocycles. The molecule has 0 heterocycles. The van der Waals surface area contributed by atoms with Crippen LogP contribution in [-0.4, -0.2) is 31.2 Å². The highest BCUT2D eigenvalue weighted by Gasteiger charge is 2.45. The molecule has 7 unspecified atom stereocenters. The minimum atomic E-state index is -1.41. The predicted octanol–water partition coefficient (Wildman–Crippen LogP) is 7.37. The van der Waals surface area contributed by atoms with Crippen molar-refractivity contribution in [2.75, 3.05) is 6.61 Å². The number of alkyl halides is 3. The van der Waals surface area contributed by atoms with Crippen LogP contribution in [0.2, 0.25) is 0 Å². The fraction of sp³-hybridized carbons (Fsp3) is 1.00. The number of unbranched alkanes of at least 4 members (excludes halogenated alkanes) is 5. The van der Waals surface area contributed by atoms with Crippen molar-refractivity contribution >= 4 is 0 Å². The Kier molecular flexibility index (Phi) is 10.5. The molecule has 7 atom stereocenters. The first-order chi connectivity index (χ1) is 13.1. The van der Waals surface area contributed by atoms with Gasteiger partial charge in [0, 0.05) is 6.61 Å². The van der Waals surface area contributed by atoms with Gasteiger partial charge in [-0.05, 0) is 62.7 Å². The lowest BCUT2D eigenvalue weighted by molar-refractivity contribution is -0.0665. The molecule has 2 fully saturated rings. The topological polar surface area (TPSA) is 9.23 Å². The second kappa shape index (κ2) is 12.3. The molecule has 0 aromatic heterocycles. The van der Waals surface area contributed by atoms with E-state index in [1.54, 1.807) is 0 Å². The summed E-state index contributed by atoms with van der Waals surface area (Å²) in [6.45, 7) is 4.91. The van der Waals surface area contributed by atoms with Gasteiger partial charge in [0.1, 0.15) is 18.5 Å². The minimum Gasteiger partial charge on any atom is -0.375 e. The van der Waals surface area contributed by atoms with Gasteiger partial charge in [0.25, 0.3) is 0 Å². The summed E-state index contributed by atoms with van der Waals surface area (Å²) in [5, 5.41) is 0. The highest BCUT2D eigenvalue weighted by atomic mass is 19.2. The van der Waals surface area contributed by atoms with Gasteiger partial charge in [-0.25, -0.2) is 13.2 Å². The molecule has 0 amide bonds. The molecule has 0 saturated heterocycles. The average Bonchev–Trinajstić information content (AvgIpc) is 2.66. The summed E-state index contributed by atoms with van der Waals surface area (Å²) in [6.07, 6.45) is 7.59. The van der Waals surface area contributed by atoms with Crippen LogP contribution in [0, 0.1) is 17.8 Å². The first-order valence-electron chi connectivity index (χ1n) is 11.6. The molecule has 0 radical (unpaired) electrons. The molecule has 4 heteroatoms. The molecule has 0 bridgehead atoms. The Morgan fingerprint density at radius 1 is 0.778 bits per heavy atom. The molecule has 27 heavy (non-hydrogen) atoms. The molecular weight excluding hydrogens is 349 g/mol. The maximum atomic E-state index is 14.8. The standard InChI is InChI=1S/C23H41F3O/c1-3-5-7-8-10-17-11-13-19(23(26)22(17)25)18-12-14-21(20(24)16-18)27-15-9-6-4-2/h17-23H,3-16H2,1-2H3. The minimum absolute atomic E-state index is 0.0233. The highest BCUT2D eigenvalue weighted by molar-refractivity contribution is 4.94. The van der Waals surface area contributed by atoms with Crippen LogP contribution in [0.3, 0.4) is 0 Å². The van der Waals surface area contributed by atoms with E-state index in [1.165, 1.54) is 6.42 Å². The highest BCUT2D eigenvalue weighted by Crippen LogP contribution is 2.44. The van der Waals surface area contributed by atoms with Crippen LogP contribution < -0.4 is 0 Å². The Morgan fingerprint density at radius 3 is 2.22 bits per heavy atom. The van der Waals surface area contributed by atoms with Crippen LogP contribution in [0.25, 0.3) is 0 Å². The van der Waals surface area contributed by atoms with Gasteiger partial charge in [0.15, 0.2) is 0 Å².